The van der Waals surface area contributed by atoms with E-state index in [0.717, 1.165) is 24.6 Å². The second kappa shape index (κ2) is 5.59. The second-order valence-corrected chi connectivity index (χ2v) is 3.70. The number of rotatable bonds is 5. The fraction of sp³-hybridized carbons (Fsp3) is 0.500. The van der Waals surface area contributed by atoms with Crippen LogP contribution in [0, 0.1) is 19.3 Å². The zero-order valence-corrected chi connectivity index (χ0v) is 9.63. The van der Waals surface area contributed by atoms with Gasteiger partial charge < -0.3 is 9.73 Å². The number of nitrogens with zero attached hydrogens (tertiary/aromatic N) is 1. The molecule has 0 aromatic carbocycles. The lowest BCUT2D eigenvalue weighted by molar-refractivity contribution is 0.322. The molecule has 1 rings (SSSR count). The van der Waals surface area contributed by atoms with Crippen LogP contribution in [0.4, 0.5) is 0 Å². The van der Waals surface area contributed by atoms with Crippen molar-refractivity contribution >= 4 is 0 Å². The van der Waals surface area contributed by atoms with Crippen LogP contribution in [0.5, 0.6) is 0 Å². The predicted octanol–water partition coefficient (Wildman–Crippen LogP) is 1.37. The van der Waals surface area contributed by atoms with Crippen molar-refractivity contribution in [3.63, 3.8) is 0 Å². The Morgan fingerprint density at radius 2 is 2.33 bits per heavy atom. The van der Waals surface area contributed by atoms with Crippen LogP contribution in [-0.2, 0) is 13.1 Å². The van der Waals surface area contributed by atoms with Gasteiger partial charge in [-0.1, -0.05) is 5.92 Å². The van der Waals surface area contributed by atoms with E-state index in [1.54, 1.807) is 0 Å². The lowest BCUT2D eigenvalue weighted by Gasteiger charge is -2.10. The highest BCUT2D eigenvalue weighted by atomic mass is 16.3. The zero-order valence-electron chi connectivity index (χ0n) is 9.63. The molecule has 82 valence electrons. The van der Waals surface area contributed by atoms with Crippen molar-refractivity contribution < 1.29 is 4.42 Å². The van der Waals surface area contributed by atoms with E-state index in [4.69, 9.17) is 10.8 Å². The summed E-state index contributed by atoms with van der Waals surface area (Å²) in [6.07, 6.45) is 5.23. The molecule has 1 aromatic rings. The van der Waals surface area contributed by atoms with Gasteiger partial charge in [-0.05, 0) is 27.1 Å². The molecule has 0 radical (unpaired) electrons. The number of aryl methyl sites for hydroxylation is 1. The summed E-state index contributed by atoms with van der Waals surface area (Å²) in [5.74, 6) is 4.55. The fourth-order valence-electron chi connectivity index (χ4n) is 1.51. The van der Waals surface area contributed by atoms with Crippen molar-refractivity contribution in [1.29, 1.82) is 0 Å². The van der Waals surface area contributed by atoms with Gasteiger partial charge in [0.1, 0.15) is 11.5 Å². The third kappa shape index (κ3) is 3.43. The fourth-order valence-corrected chi connectivity index (χ4v) is 1.51. The van der Waals surface area contributed by atoms with Gasteiger partial charge in [0.25, 0.3) is 0 Å². The van der Waals surface area contributed by atoms with Gasteiger partial charge in [-0.25, -0.2) is 0 Å². The molecule has 0 bridgehead atoms. The molecule has 0 amide bonds. The average molecular weight is 206 g/mol. The molecule has 0 spiro atoms. The highest BCUT2D eigenvalue weighted by Gasteiger charge is 2.08. The van der Waals surface area contributed by atoms with Gasteiger partial charge >= 0.3 is 0 Å². The molecule has 3 heteroatoms. The summed E-state index contributed by atoms with van der Waals surface area (Å²) in [5, 5.41) is 3.11. The van der Waals surface area contributed by atoms with E-state index >= 15 is 0 Å². The number of nitrogens with one attached hydrogen (secondary N) is 1. The monoisotopic (exact) mass is 206 g/mol. The van der Waals surface area contributed by atoms with Gasteiger partial charge in [0.15, 0.2) is 0 Å². The smallest absolute Gasteiger partial charge is 0.118 e. The summed E-state index contributed by atoms with van der Waals surface area (Å²) in [5.41, 5.74) is 1.21. The maximum absolute atomic E-state index is 5.63. The predicted molar refractivity (Wildman–Crippen MR) is 61.4 cm³/mol. The molecule has 3 nitrogen and oxygen atoms in total. The quantitative estimate of drug-likeness (QED) is 0.738. The number of furan rings is 1. The first-order chi connectivity index (χ1) is 7.17. The van der Waals surface area contributed by atoms with E-state index in [-0.39, 0.29) is 0 Å². The van der Waals surface area contributed by atoms with Gasteiger partial charge in [0.05, 0.1) is 13.1 Å². The van der Waals surface area contributed by atoms with Crippen LogP contribution in [0.3, 0.4) is 0 Å². The average Bonchev–Trinajstić information content (AvgIpc) is 2.48. The van der Waals surface area contributed by atoms with E-state index in [9.17, 15) is 0 Å². The van der Waals surface area contributed by atoms with Crippen LogP contribution in [0.25, 0.3) is 0 Å². The molecular weight excluding hydrogens is 188 g/mol. The summed E-state index contributed by atoms with van der Waals surface area (Å²) in [6, 6.07) is 2.08. The van der Waals surface area contributed by atoms with Crippen LogP contribution < -0.4 is 5.32 Å². The topological polar surface area (TPSA) is 28.4 Å². The molecule has 0 fully saturated rings. The third-order valence-electron chi connectivity index (χ3n) is 2.23. The van der Waals surface area contributed by atoms with Crippen molar-refractivity contribution in [1.82, 2.24) is 10.2 Å². The van der Waals surface area contributed by atoms with Crippen molar-refractivity contribution in [2.75, 3.05) is 20.6 Å². The molecule has 0 aliphatic heterocycles. The molecule has 0 atom stereocenters. The molecule has 1 aromatic heterocycles. The molecule has 0 saturated carbocycles. The summed E-state index contributed by atoms with van der Waals surface area (Å²) in [4.78, 5) is 2.04. The summed E-state index contributed by atoms with van der Waals surface area (Å²) >= 11 is 0. The van der Waals surface area contributed by atoms with Gasteiger partial charge in [-0.2, -0.15) is 0 Å². The first-order valence-corrected chi connectivity index (χ1v) is 5.02. The third-order valence-corrected chi connectivity index (χ3v) is 2.23. The Labute approximate surface area is 91.5 Å². The van der Waals surface area contributed by atoms with Crippen LogP contribution >= 0.6 is 0 Å². The molecule has 1 N–H and O–H groups in total. The summed E-state index contributed by atoms with van der Waals surface area (Å²) in [7, 11) is 3.91. The second-order valence-electron chi connectivity index (χ2n) is 3.70. The van der Waals surface area contributed by atoms with Crippen LogP contribution in [-0.4, -0.2) is 25.5 Å². The van der Waals surface area contributed by atoms with Gasteiger partial charge in [-0.3, -0.25) is 4.90 Å². The molecule has 0 unspecified atom stereocenters. The van der Waals surface area contributed by atoms with E-state index in [0.29, 0.717) is 6.54 Å². The molecule has 0 aliphatic carbocycles. The molecular formula is C12H18N2O. The Hall–Kier alpha value is -1.24. The van der Waals surface area contributed by atoms with Crippen molar-refractivity contribution in [2.24, 2.45) is 0 Å². The van der Waals surface area contributed by atoms with E-state index in [1.165, 1.54) is 5.56 Å². The van der Waals surface area contributed by atoms with Crippen LogP contribution in [0.2, 0.25) is 0 Å². The number of hydrogen-bond acceptors (Lipinski definition) is 3. The Balaban J connectivity index is 2.63. The normalized spacial score (nSPS) is 10.6. The Kier molecular flexibility index (Phi) is 4.41. The minimum absolute atomic E-state index is 0.640. The Bertz CT molecular complexity index is 349. The molecule has 0 aliphatic rings. The summed E-state index contributed by atoms with van der Waals surface area (Å²) < 4.78 is 5.63. The van der Waals surface area contributed by atoms with E-state index in [2.05, 4.69) is 17.3 Å². The maximum Gasteiger partial charge on any atom is 0.118 e. The van der Waals surface area contributed by atoms with E-state index < -0.39 is 0 Å². The van der Waals surface area contributed by atoms with E-state index in [1.807, 2.05) is 25.9 Å². The highest BCUT2D eigenvalue weighted by Crippen LogP contribution is 2.15. The summed E-state index contributed by atoms with van der Waals surface area (Å²) in [6.45, 7) is 4.22. The standard InChI is InChI=1S/C12H18N2O/c1-5-6-14(4)9-12-7-11(8-13-3)10(2)15-12/h1,7,13H,6,8-9H2,2-4H3. The first kappa shape index (κ1) is 11.8. The van der Waals surface area contributed by atoms with Crippen molar-refractivity contribution in [3.05, 3.63) is 23.2 Å². The molecule has 0 saturated heterocycles. The lowest BCUT2D eigenvalue weighted by atomic mass is 10.2. The van der Waals surface area contributed by atoms with Gasteiger partial charge in [-0.15, -0.1) is 6.42 Å². The number of terminal acetylenes is 1. The zero-order chi connectivity index (χ0) is 11.3. The van der Waals surface area contributed by atoms with Crippen molar-refractivity contribution in [2.45, 2.75) is 20.0 Å². The largest absolute Gasteiger partial charge is 0.465 e. The highest BCUT2D eigenvalue weighted by molar-refractivity contribution is 5.20. The number of hydrogen-bond donors (Lipinski definition) is 1. The molecule has 1 heterocycles. The SMILES string of the molecule is C#CCN(C)Cc1cc(CNC)c(C)o1. The Morgan fingerprint density at radius 1 is 1.60 bits per heavy atom. The van der Waals surface area contributed by atoms with Crippen molar-refractivity contribution in [3.8, 4) is 12.3 Å². The van der Waals surface area contributed by atoms with Crippen LogP contribution in [0.15, 0.2) is 10.5 Å². The minimum atomic E-state index is 0.640. The molecule has 15 heavy (non-hydrogen) atoms. The maximum atomic E-state index is 5.63. The lowest BCUT2D eigenvalue weighted by Crippen LogP contribution is -2.17. The Morgan fingerprint density at radius 3 is 2.93 bits per heavy atom. The van der Waals surface area contributed by atoms with Gasteiger partial charge in [0.2, 0.25) is 0 Å². The first-order valence-electron chi connectivity index (χ1n) is 5.02. The van der Waals surface area contributed by atoms with Crippen LogP contribution in [0.1, 0.15) is 17.1 Å². The minimum Gasteiger partial charge on any atom is -0.465 e. The van der Waals surface area contributed by atoms with Gasteiger partial charge in [0, 0.05) is 12.1 Å².